The summed E-state index contributed by atoms with van der Waals surface area (Å²) < 4.78 is 0. The Hall–Kier alpha value is -3.41. The third kappa shape index (κ3) is 2.78. The number of nitrogens with zero attached hydrogens (tertiary/aromatic N) is 2. The molecule has 3 N–H and O–H groups in total. The van der Waals surface area contributed by atoms with Gasteiger partial charge in [-0.2, -0.15) is 0 Å². The molecule has 6 nitrogen and oxygen atoms in total. The first-order valence-corrected chi connectivity index (χ1v) is 7.99. The second kappa shape index (κ2) is 5.90. The molecule has 6 heteroatoms. The number of fused-ring (bicyclic) bond motifs is 1. The van der Waals surface area contributed by atoms with E-state index in [4.69, 9.17) is 0 Å². The van der Waals surface area contributed by atoms with E-state index in [1.54, 1.807) is 6.20 Å². The molecule has 3 aromatic rings. The molecule has 25 heavy (non-hydrogen) atoms. The van der Waals surface area contributed by atoms with Gasteiger partial charge in [-0.3, -0.25) is 9.78 Å². The molecule has 0 aliphatic heterocycles. The number of aromatic amines is 2. The normalized spacial score (nSPS) is 19.2. The molecule has 1 aliphatic rings. The van der Waals surface area contributed by atoms with Crippen molar-refractivity contribution in [2.24, 2.45) is 0 Å². The molecule has 3 heterocycles. The van der Waals surface area contributed by atoms with E-state index in [1.165, 1.54) is 6.07 Å². The van der Waals surface area contributed by atoms with Crippen LogP contribution in [0.1, 0.15) is 6.42 Å². The molecule has 4 rings (SSSR count). The summed E-state index contributed by atoms with van der Waals surface area (Å²) in [4.78, 5) is 26.9. The summed E-state index contributed by atoms with van der Waals surface area (Å²) in [6.45, 7) is 3.91. The van der Waals surface area contributed by atoms with E-state index in [2.05, 4.69) is 31.8 Å². The van der Waals surface area contributed by atoms with Gasteiger partial charge in [-0.1, -0.05) is 30.4 Å². The summed E-state index contributed by atoms with van der Waals surface area (Å²) in [6.07, 6.45) is 14.1. The van der Waals surface area contributed by atoms with Crippen LogP contribution in [0.5, 0.6) is 0 Å². The second-order valence-electron chi connectivity index (χ2n) is 5.94. The summed E-state index contributed by atoms with van der Waals surface area (Å²) in [6, 6.07) is 5.29. The average Bonchev–Trinajstić information content (AvgIpc) is 3.06. The van der Waals surface area contributed by atoms with Gasteiger partial charge in [0, 0.05) is 29.4 Å². The van der Waals surface area contributed by atoms with Gasteiger partial charge in [0.2, 0.25) is 5.95 Å². The van der Waals surface area contributed by atoms with Crippen molar-refractivity contribution in [1.29, 1.82) is 0 Å². The van der Waals surface area contributed by atoms with Crippen molar-refractivity contribution in [3.05, 3.63) is 77.9 Å². The van der Waals surface area contributed by atoms with Crippen LogP contribution >= 0.6 is 0 Å². The van der Waals surface area contributed by atoms with Crippen molar-refractivity contribution >= 4 is 17.0 Å². The predicted octanol–water partition coefficient (Wildman–Crippen LogP) is 3.17. The van der Waals surface area contributed by atoms with Crippen LogP contribution in [-0.4, -0.2) is 25.5 Å². The molecule has 0 spiro atoms. The fraction of sp³-hybridized carbons (Fsp3) is 0.105. The first-order valence-electron chi connectivity index (χ1n) is 7.99. The molecule has 0 saturated carbocycles. The van der Waals surface area contributed by atoms with Gasteiger partial charge in [0.25, 0.3) is 5.56 Å². The van der Waals surface area contributed by atoms with Gasteiger partial charge in [0.1, 0.15) is 5.65 Å². The SMILES string of the molecule is C=C[C@@]1(Nc2nc(-c3c[nH]c4ncccc34)cc(=O)[nH]2)C=CC=CC1. The summed E-state index contributed by atoms with van der Waals surface area (Å²) >= 11 is 0. The van der Waals surface area contributed by atoms with Crippen molar-refractivity contribution in [2.75, 3.05) is 5.32 Å². The zero-order valence-corrected chi connectivity index (χ0v) is 13.5. The third-order valence-corrected chi connectivity index (χ3v) is 4.28. The van der Waals surface area contributed by atoms with Crippen LogP contribution in [0.4, 0.5) is 5.95 Å². The number of aromatic nitrogens is 4. The molecule has 0 fully saturated rings. The standard InChI is InChI=1S/C19H17N5O/c1-2-19(8-4-3-5-9-19)24-18-22-15(11-16(25)23-18)14-12-21-17-13(14)7-6-10-20-17/h2-8,10-12H,1,9H2,(H,20,21)(H2,22,23,24,25)/t19-/m1/s1. The van der Waals surface area contributed by atoms with Gasteiger partial charge in [-0.05, 0) is 18.6 Å². The summed E-state index contributed by atoms with van der Waals surface area (Å²) in [5.74, 6) is 0.403. The number of anilines is 1. The van der Waals surface area contributed by atoms with Crippen LogP contribution in [0.2, 0.25) is 0 Å². The van der Waals surface area contributed by atoms with E-state index in [9.17, 15) is 4.79 Å². The average molecular weight is 331 g/mol. The first-order chi connectivity index (χ1) is 12.2. The zero-order chi connectivity index (χ0) is 17.3. The van der Waals surface area contributed by atoms with E-state index in [1.807, 2.05) is 48.7 Å². The highest BCUT2D eigenvalue weighted by molar-refractivity contribution is 5.92. The van der Waals surface area contributed by atoms with Gasteiger partial charge < -0.3 is 10.3 Å². The molecular formula is C19H17N5O. The molecule has 0 bridgehead atoms. The fourth-order valence-electron chi connectivity index (χ4n) is 2.98. The monoisotopic (exact) mass is 331 g/mol. The molecule has 1 aliphatic carbocycles. The Bertz CT molecular complexity index is 1060. The lowest BCUT2D eigenvalue weighted by molar-refractivity contribution is 0.705. The van der Waals surface area contributed by atoms with Crippen LogP contribution in [-0.2, 0) is 0 Å². The lowest BCUT2D eigenvalue weighted by Crippen LogP contribution is -2.35. The van der Waals surface area contributed by atoms with Crippen molar-refractivity contribution in [1.82, 2.24) is 19.9 Å². The highest BCUT2D eigenvalue weighted by Crippen LogP contribution is 2.27. The minimum absolute atomic E-state index is 0.222. The predicted molar refractivity (Wildman–Crippen MR) is 99.4 cm³/mol. The van der Waals surface area contributed by atoms with Crippen LogP contribution in [0, 0.1) is 0 Å². The minimum atomic E-state index is -0.467. The lowest BCUT2D eigenvalue weighted by atomic mass is 9.91. The lowest BCUT2D eigenvalue weighted by Gasteiger charge is -2.29. The maximum Gasteiger partial charge on any atom is 0.252 e. The van der Waals surface area contributed by atoms with Crippen LogP contribution < -0.4 is 10.9 Å². The Morgan fingerprint density at radius 2 is 2.28 bits per heavy atom. The Morgan fingerprint density at radius 1 is 1.36 bits per heavy atom. The molecular weight excluding hydrogens is 314 g/mol. The first kappa shape index (κ1) is 15.1. The topological polar surface area (TPSA) is 86.5 Å². The molecule has 124 valence electrons. The van der Waals surface area contributed by atoms with Crippen molar-refractivity contribution < 1.29 is 0 Å². The highest BCUT2D eigenvalue weighted by Gasteiger charge is 2.24. The Labute approximate surface area is 144 Å². The zero-order valence-electron chi connectivity index (χ0n) is 13.5. The fourth-order valence-corrected chi connectivity index (χ4v) is 2.98. The van der Waals surface area contributed by atoms with Crippen LogP contribution in [0.3, 0.4) is 0 Å². The summed E-state index contributed by atoms with van der Waals surface area (Å²) in [7, 11) is 0. The Kier molecular flexibility index (Phi) is 3.57. The van der Waals surface area contributed by atoms with Gasteiger partial charge in [-0.25, -0.2) is 9.97 Å². The van der Waals surface area contributed by atoms with E-state index >= 15 is 0 Å². The Morgan fingerprint density at radius 3 is 3.08 bits per heavy atom. The molecule has 1 atom stereocenters. The molecule has 0 aromatic carbocycles. The number of nitrogens with one attached hydrogen (secondary N) is 3. The van der Waals surface area contributed by atoms with Crippen molar-refractivity contribution in [3.8, 4) is 11.3 Å². The number of hydrogen-bond acceptors (Lipinski definition) is 4. The van der Waals surface area contributed by atoms with Gasteiger partial charge in [0.05, 0.1) is 11.2 Å². The minimum Gasteiger partial charge on any atom is -0.345 e. The number of pyridine rings is 1. The van der Waals surface area contributed by atoms with Crippen LogP contribution in [0.15, 0.2) is 72.3 Å². The highest BCUT2D eigenvalue weighted by atomic mass is 16.1. The number of hydrogen-bond donors (Lipinski definition) is 3. The quantitative estimate of drug-likeness (QED) is 0.641. The van der Waals surface area contributed by atoms with Crippen LogP contribution in [0.25, 0.3) is 22.3 Å². The van der Waals surface area contributed by atoms with E-state index < -0.39 is 5.54 Å². The third-order valence-electron chi connectivity index (χ3n) is 4.28. The molecule has 0 unspecified atom stereocenters. The number of H-pyrrole nitrogens is 2. The van der Waals surface area contributed by atoms with Crippen molar-refractivity contribution in [3.63, 3.8) is 0 Å². The van der Waals surface area contributed by atoms with Gasteiger partial charge >= 0.3 is 0 Å². The Balaban J connectivity index is 1.77. The maximum atomic E-state index is 12.2. The van der Waals surface area contributed by atoms with E-state index in [0.29, 0.717) is 11.6 Å². The van der Waals surface area contributed by atoms with E-state index in [0.717, 1.165) is 23.0 Å². The summed E-state index contributed by atoms with van der Waals surface area (Å²) in [5, 5.41) is 4.21. The summed E-state index contributed by atoms with van der Waals surface area (Å²) in [5.41, 5.74) is 1.49. The second-order valence-corrected chi connectivity index (χ2v) is 5.94. The maximum absolute atomic E-state index is 12.2. The number of allylic oxidation sites excluding steroid dienone is 2. The molecule has 0 saturated heterocycles. The molecule has 0 amide bonds. The van der Waals surface area contributed by atoms with Gasteiger partial charge in [0.15, 0.2) is 0 Å². The smallest absolute Gasteiger partial charge is 0.252 e. The largest absolute Gasteiger partial charge is 0.345 e. The van der Waals surface area contributed by atoms with Gasteiger partial charge in [-0.15, -0.1) is 6.58 Å². The number of rotatable bonds is 4. The molecule has 0 radical (unpaired) electrons. The van der Waals surface area contributed by atoms with E-state index in [-0.39, 0.29) is 5.56 Å². The molecule has 3 aromatic heterocycles. The van der Waals surface area contributed by atoms with Crippen molar-refractivity contribution in [2.45, 2.75) is 12.0 Å².